The van der Waals surface area contributed by atoms with Gasteiger partial charge in [0.2, 0.25) is 35.4 Å². The maximum atomic E-state index is 12.9. The molecule has 226 valence electrons. The van der Waals surface area contributed by atoms with Gasteiger partial charge in [-0.2, -0.15) is 0 Å². The number of benzene rings is 3. The van der Waals surface area contributed by atoms with Crippen molar-refractivity contribution in [3.63, 3.8) is 0 Å². The molecule has 15 rings (SSSR count). The Bertz CT molecular complexity index is 1270. The quantitative estimate of drug-likeness (QED) is 0.224. The second-order valence-electron chi connectivity index (χ2n) is 10.3. The van der Waals surface area contributed by atoms with Gasteiger partial charge in [-0.05, 0) is 72.8 Å². The summed E-state index contributed by atoms with van der Waals surface area (Å²) in [4.78, 5) is 80.4. The van der Waals surface area contributed by atoms with E-state index in [0.29, 0.717) is 34.1 Å². The molecular formula is C30H30N8O6. The first-order valence-electron chi connectivity index (χ1n) is 13.7. The largest absolute Gasteiger partial charge is 0.325 e. The Morgan fingerprint density at radius 1 is 0.295 bits per heavy atom. The fraction of sp³-hybridized carbons (Fsp3) is 0.200. The van der Waals surface area contributed by atoms with Crippen molar-refractivity contribution in [3.8, 4) is 0 Å². The van der Waals surface area contributed by atoms with Crippen molar-refractivity contribution in [1.82, 2.24) is 9.80 Å². The lowest BCUT2D eigenvalue weighted by Crippen LogP contribution is -2.43. The van der Waals surface area contributed by atoms with Gasteiger partial charge in [0.15, 0.2) is 0 Å². The summed E-state index contributed by atoms with van der Waals surface area (Å²) in [5.74, 6) is -2.74. The van der Waals surface area contributed by atoms with E-state index in [1.54, 1.807) is 72.8 Å². The van der Waals surface area contributed by atoms with E-state index in [0.717, 1.165) is 0 Å². The maximum Gasteiger partial charge on any atom is 0.238 e. The second kappa shape index (κ2) is 13.6. The van der Waals surface area contributed by atoms with Crippen molar-refractivity contribution in [2.24, 2.45) is 0 Å². The normalized spacial score (nSPS) is 20.2. The minimum atomic E-state index is -0.456. The number of hydrogen-bond donors (Lipinski definition) is 6. The van der Waals surface area contributed by atoms with E-state index >= 15 is 0 Å². The van der Waals surface area contributed by atoms with Gasteiger partial charge in [0.25, 0.3) is 0 Å². The summed E-state index contributed by atoms with van der Waals surface area (Å²) in [6, 6.07) is 19.0. The lowest BCUT2D eigenvalue weighted by Gasteiger charge is -2.22. The molecule has 44 heavy (non-hydrogen) atoms. The summed E-state index contributed by atoms with van der Waals surface area (Å²) in [5.41, 5.74) is 2.59. The van der Waals surface area contributed by atoms with E-state index in [-0.39, 0.29) is 39.3 Å². The van der Waals surface area contributed by atoms with Crippen LogP contribution in [0, 0.1) is 0 Å². The zero-order valence-electron chi connectivity index (χ0n) is 23.5. The third-order valence-corrected chi connectivity index (χ3v) is 6.56. The molecule has 0 atom stereocenters. The molecule has 0 fully saturated rings. The van der Waals surface area contributed by atoms with Crippen LogP contribution in [0.15, 0.2) is 72.8 Å². The van der Waals surface area contributed by atoms with E-state index in [1.807, 2.05) is 0 Å². The molecule has 6 N–H and O–H groups in total. The first kappa shape index (κ1) is 29.9. The van der Waals surface area contributed by atoms with Crippen molar-refractivity contribution in [2.75, 3.05) is 71.2 Å². The topological polar surface area (TPSA) is 181 Å². The monoisotopic (exact) mass is 598 g/mol. The lowest BCUT2D eigenvalue weighted by atomic mass is 10.2. The van der Waals surface area contributed by atoms with Crippen LogP contribution in [0.5, 0.6) is 0 Å². The van der Waals surface area contributed by atoms with Crippen molar-refractivity contribution in [2.45, 2.75) is 0 Å². The summed E-state index contributed by atoms with van der Waals surface area (Å²) in [6.45, 7) is -1.64. The van der Waals surface area contributed by atoms with E-state index in [2.05, 4.69) is 31.9 Å². The molecule has 6 amide bonds. The summed E-state index contributed by atoms with van der Waals surface area (Å²) in [6.07, 6.45) is 0. The number of hydrogen-bond acceptors (Lipinski definition) is 8. The van der Waals surface area contributed by atoms with Crippen molar-refractivity contribution in [1.29, 1.82) is 0 Å². The van der Waals surface area contributed by atoms with E-state index in [9.17, 15) is 28.8 Å². The van der Waals surface area contributed by atoms with Crippen LogP contribution in [0.4, 0.5) is 34.1 Å². The molecule has 14 heteroatoms. The van der Waals surface area contributed by atoms with Crippen LogP contribution in [0.1, 0.15) is 0 Å². The molecule has 0 spiro atoms. The maximum absolute atomic E-state index is 12.9. The summed E-state index contributed by atoms with van der Waals surface area (Å²) >= 11 is 0. The van der Waals surface area contributed by atoms with Crippen LogP contribution in [-0.2, 0) is 28.8 Å². The predicted octanol–water partition coefficient (Wildman–Crippen LogP) is 1.35. The molecule has 12 aliphatic heterocycles. The fourth-order valence-corrected chi connectivity index (χ4v) is 4.67. The standard InChI is InChI=1S/C30H30N8O6/c39-25-13-37-15-27(41)33-21-5-9-23(10-6-21)35-29(43)17-38(14-26(40)32-20-2-1-19(31-25)3-4-20)18-30(44)36-24-11-7-22(8-12-24)34-28(42)16-37/h1-12H,13-18H2,(H,31,39)(H,32,40)(H,33,41)(H,34,42)(H,35,43)(H,36,44). The van der Waals surface area contributed by atoms with Gasteiger partial charge in [-0.15, -0.1) is 0 Å². The van der Waals surface area contributed by atoms with Gasteiger partial charge in [-0.1, -0.05) is 0 Å². The Morgan fingerprint density at radius 2 is 0.432 bits per heavy atom. The number of carbonyl (C=O) groups is 6. The molecule has 14 nitrogen and oxygen atoms in total. The average molecular weight is 599 g/mol. The van der Waals surface area contributed by atoms with Crippen LogP contribution in [0.25, 0.3) is 0 Å². The number of nitrogens with one attached hydrogen (secondary N) is 6. The third-order valence-electron chi connectivity index (χ3n) is 6.56. The number of nitrogens with zero attached hydrogens (tertiary/aromatic N) is 2. The molecule has 0 radical (unpaired) electrons. The fourth-order valence-electron chi connectivity index (χ4n) is 4.67. The van der Waals surface area contributed by atoms with E-state index < -0.39 is 35.4 Å². The van der Waals surface area contributed by atoms with E-state index in [1.165, 1.54) is 9.80 Å². The summed E-state index contributed by atoms with van der Waals surface area (Å²) in [7, 11) is 0. The van der Waals surface area contributed by atoms with Gasteiger partial charge in [-0.25, -0.2) is 0 Å². The molecule has 0 aromatic heterocycles. The highest BCUT2D eigenvalue weighted by Crippen LogP contribution is 2.17. The molecule has 12 heterocycles. The number of amides is 6. The lowest BCUT2D eigenvalue weighted by molar-refractivity contribution is -0.124. The van der Waals surface area contributed by atoms with Crippen molar-refractivity contribution < 1.29 is 28.8 Å². The summed E-state index contributed by atoms with van der Waals surface area (Å²) < 4.78 is 0. The van der Waals surface area contributed by atoms with Crippen LogP contribution in [0.2, 0.25) is 0 Å². The Hall–Kier alpha value is -5.60. The average Bonchev–Trinajstić information content (AvgIpc) is 2.95. The molecule has 3 aromatic carbocycles. The number of anilines is 6. The van der Waals surface area contributed by atoms with Gasteiger partial charge in [0, 0.05) is 34.1 Å². The zero-order chi connectivity index (χ0) is 31.1. The second-order valence-corrected chi connectivity index (χ2v) is 10.3. The van der Waals surface area contributed by atoms with Gasteiger partial charge >= 0.3 is 0 Å². The molecule has 0 aliphatic carbocycles. The Labute approximate surface area is 252 Å². The van der Waals surface area contributed by atoms with Crippen LogP contribution >= 0.6 is 0 Å². The minimum absolute atomic E-state index is 0.273. The third kappa shape index (κ3) is 8.70. The first-order valence-corrected chi connectivity index (χ1v) is 13.7. The number of carbonyl (C=O) groups excluding carboxylic acids is 6. The predicted molar refractivity (Wildman–Crippen MR) is 164 cm³/mol. The molecule has 3 aromatic rings. The minimum Gasteiger partial charge on any atom is -0.325 e. The highest BCUT2D eigenvalue weighted by atomic mass is 16.2. The van der Waals surface area contributed by atoms with Gasteiger partial charge in [0.1, 0.15) is 0 Å². The first-order chi connectivity index (χ1) is 21.2. The van der Waals surface area contributed by atoms with Gasteiger partial charge in [0.05, 0.1) is 39.3 Å². The van der Waals surface area contributed by atoms with Crippen molar-refractivity contribution in [3.05, 3.63) is 72.8 Å². The highest BCUT2D eigenvalue weighted by Gasteiger charge is 2.21. The molecule has 8 bridgehead atoms. The smallest absolute Gasteiger partial charge is 0.238 e. The Morgan fingerprint density at radius 3 is 0.568 bits per heavy atom. The Balaban J connectivity index is 1.51. The molecule has 12 aliphatic rings. The van der Waals surface area contributed by atoms with Crippen LogP contribution in [-0.4, -0.2) is 84.5 Å². The SMILES string of the molecule is O=C1CN2CC(=O)Nc3ccc(cc3)NC(=O)CN(CC(=O)Nc3ccc(cc3)N1)CC(=O)Nc1ccc(cc1)NC(=O)C2. The van der Waals surface area contributed by atoms with Crippen LogP contribution in [0.3, 0.4) is 0 Å². The molecule has 0 saturated carbocycles. The van der Waals surface area contributed by atoms with E-state index in [4.69, 9.17) is 0 Å². The highest BCUT2D eigenvalue weighted by molar-refractivity contribution is 5.99. The number of rotatable bonds is 0. The molecule has 0 saturated heterocycles. The van der Waals surface area contributed by atoms with Gasteiger partial charge in [-0.3, -0.25) is 38.6 Å². The molecule has 0 unspecified atom stereocenters. The van der Waals surface area contributed by atoms with Crippen LogP contribution < -0.4 is 31.9 Å². The van der Waals surface area contributed by atoms with Crippen molar-refractivity contribution >= 4 is 69.6 Å². The Kier molecular flexibility index (Phi) is 9.22. The van der Waals surface area contributed by atoms with Gasteiger partial charge < -0.3 is 31.9 Å². The zero-order valence-corrected chi connectivity index (χ0v) is 23.5. The molecular weight excluding hydrogens is 568 g/mol. The summed E-state index contributed by atoms with van der Waals surface area (Å²) in [5, 5.41) is 16.4.